The number of hydrogen-bond donors (Lipinski definition) is 0. The Morgan fingerprint density at radius 1 is 0.912 bits per heavy atom. The van der Waals surface area contributed by atoms with Gasteiger partial charge in [-0.05, 0) is 48.9 Å². The zero-order valence-electron chi connectivity index (χ0n) is 17.9. The normalized spacial score (nSPS) is 11.3. The molecule has 0 fully saturated rings. The van der Waals surface area contributed by atoms with Crippen molar-refractivity contribution in [1.29, 1.82) is 0 Å². The molecule has 0 atom stereocenters. The number of thioether (sulfide) groups is 1. The molecule has 0 unspecified atom stereocenters. The fraction of sp³-hybridized carbons (Fsp3) is 0.125. The molecule has 0 N–H and O–H groups in total. The van der Waals surface area contributed by atoms with Gasteiger partial charge in [0.2, 0.25) is 5.16 Å². The smallest absolute Gasteiger partial charge is 0.212 e. The molecule has 0 aliphatic carbocycles. The average molecular weight is 552 g/mol. The summed E-state index contributed by atoms with van der Waals surface area (Å²) in [5, 5.41) is 16.0. The van der Waals surface area contributed by atoms with Gasteiger partial charge < -0.3 is 4.74 Å². The lowest BCUT2D eigenvalue weighted by Crippen LogP contribution is -2.01. The van der Waals surface area contributed by atoms with Gasteiger partial charge in [0.25, 0.3) is 0 Å². The van der Waals surface area contributed by atoms with Crippen molar-refractivity contribution in [3.8, 4) is 5.75 Å². The van der Waals surface area contributed by atoms with Gasteiger partial charge in [-0.25, -0.2) is 0 Å². The standard InChI is InChI=1S/C24H18Cl4N4OS/c1-15-30-31-24(34-14-18-7-9-20(26)11-22(18)28)32(15)29-12-16-4-2-3-5-23(16)33-13-17-6-8-19(25)10-21(17)27/h2-12H,13-14H2,1H3/b29-12+. The maximum absolute atomic E-state index is 6.29. The van der Waals surface area contributed by atoms with Gasteiger partial charge in [0.1, 0.15) is 12.4 Å². The fourth-order valence-corrected chi connectivity index (χ4v) is 4.93. The van der Waals surface area contributed by atoms with Crippen molar-refractivity contribution in [2.75, 3.05) is 0 Å². The molecule has 0 amide bonds. The molecule has 0 aliphatic rings. The van der Waals surface area contributed by atoms with Crippen molar-refractivity contribution in [1.82, 2.24) is 14.9 Å². The molecule has 1 heterocycles. The molecule has 4 aromatic rings. The van der Waals surface area contributed by atoms with E-state index in [0.717, 1.165) is 16.7 Å². The van der Waals surface area contributed by atoms with E-state index < -0.39 is 0 Å². The minimum atomic E-state index is 0.301. The van der Waals surface area contributed by atoms with Crippen molar-refractivity contribution >= 4 is 64.4 Å². The second-order valence-electron chi connectivity index (χ2n) is 7.17. The van der Waals surface area contributed by atoms with Crippen molar-refractivity contribution in [2.24, 2.45) is 5.10 Å². The van der Waals surface area contributed by atoms with Crippen molar-refractivity contribution in [3.05, 3.63) is 103 Å². The van der Waals surface area contributed by atoms with Crippen LogP contribution in [0.5, 0.6) is 5.75 Å². The summed E-state index contributed by atoms with van der Waals surface area (Å²) in [4.78, 5) is 0. The Morgan fingerprint density at radius 3 is 2.29 bits per heavy atom. The van der Waals surface area contributed by atoms with E-state index in [1.807, 2.05) is 49.4 Å². The van der Waals surface area contributed by atoms with Gasteiger partial charge in [0.15, 0.2) is 5.82 Å². The number of halogens is 4. The quantitative estimate of drug-likeness (QED) is 0.165. The van der Waals surface area contributed by atoms with Crippen LogP contribution in [0.4, 0.5) is 0 Å². The third kappa shape index (κ3) is 6.26. The van der Waals surface area contributed by atoms with Crippen LogP contribution < -0.4 is 4.74 Å². The Balaban J connectivity index is 1.49. The first-order valence-electron chi connectivity index (χ1n) is 10.1. The van der Waals surface area contributed by atoms with Crippen LogP contribution in [0, 0.1) is 6.92 Å². The molecular weight excluding hydrogens is 534 g/mol. The number of rotatable bonds is 8. The van der Waals surface area contributed by atoms with E-state index in [4.69, 9.17) is 51.1 Å². The molecule has 5 nitrogen and oxygen atoms in total. The van der Waals surface area contributed by atoms with Crippen LogP contribution in [-0.2, 0) is 12.4 Å². The molecule has 34 heavy (non-hydrogen) atoms. The second-order valence-corrected chi connectivity index (χ2v) is 9.80. The van der Waals surface area contributed by atoms with E-state index in [-0.39, 0.29) is 0 Å². The summed E-state index contributed by atoms with van der Waals surface area (Å²) in [7, 11) is 0. The van der Waals surface area contributed by atoms with Crippen LogP contribution >= 0.6 is 58.2 Å². The lowest BCUT2D eigenvalue weighted by Gasteiger charge is -2.10. The van der Waals surface area contributed by atoms with Gasteiger partial charge >= 0.3 is 0 Å². The number of hydrogen-bond acceptors (Lipinski definition) is 5. The molecule has 10 heteroatoms. The van der Waals surface area contributed by atoms with Gasteiger partial charge in [-0.15, -0.1) is 10.2 Å². The summed E-state index contributed by atoms with van der Waals surface area (Å²) in [5.74, 6) is 1.93. The Morgan fingerprint density at radius 2 is 1.59 bits per heavy atom. The van der Waals surface area contributed by atoms with Gasteiger partial charge in [0, 0.05) is 37.0 Å². The summed E-state index contributed by atoms with van der Waals surface area (Å²) >= 11 is 26.0. The maximum Gasteiger partial charge on any atom is 0.212 e. The van der Waals surface area contributed by atoms with Crippen LogP contribution in [0.15, 0.2) is 70.9 Å². The number of ether oxygens (including phenoxy) is 1. The largest absolute Gasteiger partial charge is 0.488 e. The minimum absolute atomic E-state index is 0.301. The third-order valence-electron chi connectivity index (χ3n) is 4.77. The number of aromatic nitrogens is 3. The maximum atomic E-state index is 6.29. The van der Waals surface area contributed by atoms with Crippen LogP contribution in [0.2, 0.25) is 20.1 Å². The SMILES string of the molecule is Cc1nnc(SCc2ccc(Cl)cc2Cl)n1/N=C/c1ccccc1OCc1ccc(Cl)cc1Cl. The first-order chi connectivity index (χ1) is 16.4. The van der Waals surface area contributed by atoms with Crippen LogP contribution in [-0.4, -0.2) is 21.1 Å². The highest BCUT2D eigenvalue weighted by Gasteiger charge is 2.11. The Bertz CT molecular complexity index is 1340. The summed E-state index contributed by atoms with van der Waals surface area (Å²) in [6.45, 7) is 2.14. The highest BCUT2D eigenvalue weighted by molar-refractivity contribution is 7.98. The third-order valence-corrected chi connectivity index (χ3v) is 6.91. The van der Waals surface area contributed by atoms with E-state index >= 15 is 0 Å². The van der Waals surface area contributed by atoms with Crippen LogP contribution in [0.1, 0.15) is 22.5 Å². The summed E-state index contributed by atoms with van der Waals surface area (Å²) in [6.07, 6.45) is 1.72. The number of para-hydroxylation sites is 1. The highest BCUT2D eigenvalue weighted by atomic mass is 35.5. The molecular formula is C24H18Cl4N4OS. The monoisotopic (exact) mass is 550 g/mol. The summed E-state index contributed by atoms with van der Waals surface area (Å²) in [5.41, 5.74) is 2.59. The van der Waals surface area contributed by atoms with E-state index in [2.05, 4.69) is 15.3 Å². The topological polar surface area (TPSA) is 52.3 Å². The molecule has 0 spiro atoms. The van der Waals surface area contributed by atoms with Crippen LogP contribution in [0.3, 0.4) is 0 Å². The predicted octanol–water partition coefficient (Wildman–Crippen LogP) is 7.95. The molecule has 174 valence electrons. The van der Waals surface area contributed by atoms with Crippen LogP contribution in [0.25, 0.3) is 0 Å². The zero-order valence-corrected chi connectivity index (χ0v) is 21.7. The molecule has 4 rings (SSSR count). The molecule has 0 bridgehead atoms. The lowest BCUT2D eigenvalue weighted by atomic mass is 10.2. The lowest BCUT2D eigenvalue weighted by molar-refractivity contribution is 0.306. The minimum Gasteiger partial charge on any atom is -0.488 e. The van der Waals surface area contributed by atoms with E-state index in [1.54, 1.807) is 29.1 Å². The average Bonchev–Trinajstić information content (AvgIpc) is 3.16. The van der Waals surface area contributed by atoms with Crippen molar-refractivity contribution < 1.29 is 4.74 Å². The molecule has 0 saturated heterocycles. The van der Waals surface area contributed by atoms with E-state index in [1.165, 1.54) is 11.8 Å². The first kappa shape index (κ1) is 24.9. The van der Waals surface area contributed by atoms with E-state index in [9.17, 15) is 0 Å². The van der Waals surface area contributed by atoms with Gasteiger partial charge in [-0.3, -0.25) is 0 Å². The summed E-state index contributed by atoms with van der Waals surface area (Å²) < 4.78 is 7.69. The van der Waals surface area contributed by atoms with Crippen molar-refractivity contribution in [2.45, 2.75) is 24.4 Å². The number of benzene rings is 3. The molecule has 0 aliphatic heterocycles. The molecule has 3 aromatic carbocycles. The predicted molar refractivity (Wildman–Crippen MR) is 141 cm³/mol. The number of aryl methyl sites for hydroxylation is 1. The van der Waals surface area contributed by atoms with Gasteiger partial charge in [-0.2, -0.15) is 9.78 Å². The first-order valence-corrected chi connectivity index (χ1v) is 12.6. The zero-order chi connectivity index (χ0) is 24.1. The Labute approximate surface area is 221 Å². The highest BCUT2D eigenvalue weighted by Crippen LogP contribution is 2.28. The molecule has 0 saturated carbocycles. The second kappa shape index (κ2) is 11.5. The number of nitrogens with zero attached hydrogens (tertiary/aromatic N) is 4. The molecule has 1 aromatic heterocycles. The fourth-order valence-electron chi connectivity index (χ4n) is 2.98. The van der Waals surface area contributed by atoms with Crippen molar-refractivity contribution in [3.63, 3.8) is 0 Å². The Kier molecular flexibility index (Phi) is 8.40. The molecule has 0 radical (unpaired) electrons. The van der Waals surface area contributed by atoms with Gasteiger partial charge in [-0.1, -0.05) is 82.4 Å². The Hall–Kier alpha value is -2.22. The summed E-state index contributed by atoms with van der Waals surface area (Å²) in [6, 6.07) is 18.4. The van der Waals surface area contributed by atoms with Gasteiger partial charge in [0.05, 0.1) is 6.21 Å². The van der Waals surface area contributed by atoms with E-state index in [0.29, 0.717) is 49.2 Å².